The summed E-state index contributed by atoms with van der Waals surface area (Å²) in [6.45, 7) is 5.85. The molecule has 0 saturated heterocycles. The van der Waals surface area contributed by atoms with E-state index in [4.69, 9.17) is 20.4 Å². The monoisotopic (exact) mass is 966 g/mol. The Bertz CT molecular complexity index is 3970. The normalized spacial score (nSPS) is 11.6. The van der Waals surface area contributed by atoms with Crippen molar-refractivity contribution in [1.82, 2.24) is 30.0 Å². The molecule has 0 spiro atoms. The summed E-state index contributed by atoms with van der Waals surface area (Å²) in [5.41, 5.74) is 20.4. The number of hydrogen-bond acceptors (Lipinski definition) is 6. The molecule has 12 rings (SSSR count). The Labute approximate surface area is 436 Å². The van der Waals surface area contributed by atoms with Gasteiger partial charge in [-0.1, -0.05) is 170 Å². The summed E-state index contributed by atoms with van der Waals surface area (Å²) in [6, 6.07) is 86.8. The first-order valence-electron chi connectivity index (χ1n) is 25.0. The predicted octanol–water partition coefficient (Wildman–Crippen LogP) is 17.2. The maximum absolute atomic E-state index is 4.93. The van der Waals surface area contributed by atoms with Crippen molar-refractivity contribution < 1.29 is 0 Å². The first kappa shape index (κ1) is 45.9. The average molecular weight is 967 g/mol. The molecule has 0 unspecified atom stereocenters. The number of aromatic nitrogens is 6. The smallest absolute Gasteiger partial charge is 0.115 e. The molecule has 2 aromatic heterocycles. The lowest BCUT2D eigenvalue weighted by atomic mass is 9.99. The fourth-order valence-corrected chi connectivity index (χ4v) is 9.47. The Kier molecular flexibility index (Phi) is 12.6. The third kappa shape index (κ3) is 9.67. The minimum absolute atomic E-state index is 0.810. The number of rotatable bonds is 14. The summed E-state index contributed by atoms with van der Waals surface area (Å²) in [5, 5.41) is 19.5. The van der Waals surface area contributed by atoms with Gasteiger partial charge in [0.1, 0.15) is 22.1 Å². The van der Waals surface area contributed by atoms with E-state index >= 15 is 0 Å². The van der Waals surface area contributed by atoms with Gasteiger partial charge in [-0.15, -0.1) is 20.4 Å². The van der Waals surface area contributed by atoms with Gasteiger partial charge >= 0.3 is 0 Å². The van der Waals surface area contributed by atoms with E-state index in [1.54, 1.807) is 15.7 Å². The molecule has 0 N–H and O–H groups in total. The van der Waals surface area contributed by atoms with Crippen LogP contribution in [0.1, 0.15) is 12.5 Å². The van der Waals surface area contributed by atoms with Crippen LogP contribution in [0.2, 0.25) is 0 Å². The topological polar surface area (TPSA) is 67.9 Å². The van der Waals surface area contributed by atoms with Crippen molar-refractivity contribution in [2.75, 3.05) is 9.80 Å². The van der Waals surface area contributed by atoms with Gasteiger partial charge < -0.3 is 9.80 Å². The van der Waals surface area contributed by atoms with Crippen molar-refractivity contribution in [3.63, 3.8) is 0 Å². The van der Waals surface area contributed by atoms with E-state index in [0.717, 1.165) is 107 Å². The van der Waals surface area contributed by atoms with Crippen molar-refractivity contribution in [2.24, 2.45) is 0 Å². The highest BCUT2D eigenvalue weighted by molar-refractivity contribution is 5.87. The summed E-state index contributed by atoms with van der Waals surface area (Å²) in [5.74, 6) is 0. The molecule has 10 aromatic carbocycles. The lowest BCUT2D eigenvalue weighted by molar-refractivity contribution is 0.765. The summed E-state index contributed by atoms with van der Waals surface area (Å²) in [4.78, 5) is 7.95. The molecule has 0 aliphatic carbocycles. The lowest BCUT2D eigenvalue weighted by Gasteiger charge is -2.25. The van der Waals surface area contributed by atoms with E-state index in [-0.39, 0.29) is 0 Å². The molecule has 75 heavy (non-hydrogen) atoms. The molecule has 0 fully saturated rings. The minimum Gasteiger partial charge on any atom is -0.310 e. The molecule has 8 nitrogen and oxygen atoms in total. The fourth-order valence-electron chi connectivity index (χ4n) is 9.47. The summed E-state index contributed by atoms with van der Waals surface area (Å²) >= 11 is 0. The third-order valence-electron chi connectivity index (χ3n) is 13.4. The number of anilines is 6. The minimum atomic E-state index is 0.810. The number of nitrogens with zero attached hydrogens (tertiary/aromatic N) is 8. The predicted molar refractivity (Wildman–Crippen MR) is 310 cm³/mol. The van der Waals surface area contributed by atoms with Crippen molar-refractivity contribution >= 4 is 61.8 Å². The van der Waals surface area contributed by atoms with Crippen LogP contribution in [-0.2, 0) is 0 Å². The van der Waals surface area contributed by atoms with Crippen LogP contribution in [0.25, 0.3) is 72.4 Å². The number of fused-ring (bicyclic) bond motifs is 2. The molecule has 2 heterocycles. The second-order valence-electron chi connectivity index (χ2n) is 18.3. The standard InChI is InChI=1S/C67H50N8/c1-3-4-8-15-48(2)49-26-38-60(39-27-49)74-68-64-44-42-62(46-66(64)70-74)72(56-18-11-6-12-19-56)58-34-28-54(29-35-58)51-22-24-52(25-23-51)55-30-36-59(37-31-55)73(57-20-13-7-14-21-57)63-43-45-65-67(47-63)71-75(69-65)61-40-32-53(33-41-61)50-16-9-5-10-17-50/h3-47H,1H2,2H3/b8-4-,48-15+. The zero-order chi connectivity index (χ0) is 50.5. The Hall–Kier alpha value is -10.2. The van der Waals surface area contributed by atoms with E-state index in [1.807, 2.05) is 42.5 Å². The molecule has 0 bridgehead atoms. The van der Waals surface area contributed by atoms with E-state index in [9.17, 15) is 0 Å². The van der Waals surface area contributed by atoms with Gasteiger partial charge in [-0.25, -0.2) is 0 Å². The highest BCUT2D eigenvalue weighted by Crippen LogP contribution is 2.39. The SMILES string of the molecule is C=C/C=C\C=C(/C)c1ccc(-n2nc3ccc(N(c4ccccc4)c4ccc(-c5ccc(-c6ccc(N(c7ccccc7)c7ccc8nn(-c9ccc(-c%10ccccc%10)cc9)nc8c7)cc6)cc5)cc4)cc3n2)cc1. The van der Waals surface area contributed by atoms with Gasteiger partial charge in [0.15, 0.2) is 0 Å². The molecular formula is C67H50N8. The Morgan fingerprint density at radius 1 is 0.347 bits per heavy atom. The summed E-state index contributed by atoms with van der Waals surface area (Å²) in [7, 11) is 0. The second-order valence-corrected chi connectivity index (χ2v) is 18.3. The van der Waals surface area contributed by atoms with E-state index in [1.165, 1.54) is 5.56 Å². The van der Waals surface area contributed by atoms with Gasteiger partial charge in [-0.05, 0) is 161 Å². The van der Waals surface area contributed by atoms with E-state index < -0.39 is 0 Å². The summed E-state index contributed by atoms with van der Waals surface area (Å²) < 4.78 is 0. The van der Waals surface area contributed by atoms with Crippen LogP contribution in [0.4, 0.5) is 34.1 Å². The molecule has 0 atom stereocenters. The van der Waals surface area contributed by atoms with Crippen LogP contribution in [0, 0.1) is 0 Å². The van der Waals surface area contributed by atoms with Gasteiger partial charge in [0.05, 0.1) is 11.4 Å². The summed E-state index contributed by atoms with van der Waals surface area (Å²) in [6.07, 6.45) is 7.77. The van der Waals surface area contributed by atoms with Gasteiger partial charge in [0.25, 0.3) is 0 Å². The second kappa shape index (κ2) is 20.5. The molecule has 0 aliphatic rings. The number of benzene rings is 10. The third-order valence-corrected chi connectivity index (χ3v) is 13.4. The van der Waals surface area contributed by atoms with Crippen LogP contribution in [0.3, 0.4) is 0 Å². The van der Waals surface area contributed by atoms with Crippen LogP contribution < -0.4 is 9.80 Å². The first-order valence-corrected chi connectivity index (χ1v) is 25.0. The van der Waals surface area contributed by atoms with Crippen LogP contribution >= 0.6 is 0 Å². The first-order chi connectivity index (χ1) is 37.0. The van der Waals surface area contributed by atoms with Gasteiger partial charge in [0, 0.05) is 34.1 Å². The lowest BCUT2D eigenvalue weighted by Crippen LogP contribution is -2.09. The molecule has 0 radical (unpaired) electrons. The molecule has 12 aromatic rings. The molecule has 8 heteroatoms. The maximum atomic E-state index is 4.93. The van der Waals surface area contributed by atoms with Gasteiger partial charge in [-0.3, -0.25) is 0 Å². The van der Waals surface area contributed by atoms with Gasteiger partial charge in [0.2, 0.25) is 0 Å². The maximum Gasteiger partial charge on any atom is 0.115 e. The molecule has 0 amide bonds. The largest absolute Gasteiger partial charge is 0.310 e. The van der Waals surface area contributed by atoms with Crippen molar-refractivity contribution in [2.45, 2.75) is 6.92 Å². The zero-order valence-electron chi connectivity index (χ0n) is 41.3. The molecule has 0 aliphatic heterocycles. The Balaban J connectivity index is 0.768. The van der Waals surface area contributed by atoms with Crippen LogP contribution in [0.15, 0.2) is 280 Å². The number of hydrogen-bond donors (Lipinski definition) is 0. The molecule has 0 saturated carbocycles. The highest BCUT2D eigenvalue weighted by atomic mass is 15.5. The Morgan fingerprint density at radius 3 is 1.11 bits per heavy atom. The zero-order valence-corrected chi connectivity index (χ0v) is 41.3. The van der Waals surface area contributed by atoms with Gasteiger partial charge in [-0.2, -0.15) is 9.59 Å². The quantitative estimate of drug-likeness (QED) is 0.101. The Morgan fingerprint density at radius 2 is 0.680 bits per heavy atom. The van der Waals surface area contributed by atoms with E-state index in [0.29, 0.717) is 0 Å². The van der Waals surface area contributed by atoms with Crippen LogP contribution in [-0.4, -0.2) is 30.0 Å². The number of allylic oxidation sites excluding steroid dienone is 5. The molecular weight excluding hydrogens is 917 g/mol. The highest BCUT2D eigenvalue weighted by Gasteiger charge is 2.18. The van der Waals surface area contributed by atoms with Crippen LogP contribution in [0.5, 0.6) is 0 Å². The van der Waals surface area contributed by atoms with E-state index in [2.05, 4.69) is 248 Å². The van der Waals surface area contributed by atoms with Crippen molar-refractivity contribution in [1.29, 1.82) is 0 Å². The fraction of sp³-hybridized carbons (Fsp3) is 0.0149. The van der Waals surface area contributed by atoms with Crippen molar-refractivity contribution in [3.8, 4) is 44.8 Å². The van der Waals surface area contributed by atoms with Crippen molar-refractivity contribution in [3.05, 3.63) is 285 Å². The average Bonchev–Trinajstić information content (AvgIpc) is 4.12. The molecule has 358 valence electrons. The number of para-hydroxylation sites is 2.